The molecule has 6 rings (SSSR count). The quantitative estimate of drug-likeness (QED) is 0.170. The maximum Gasteiger partial charge on any atom is 0.306 e. The Morgan fingerprint density at radius 3 is 1.63 bits per heavy atom. The summed E-state index contributed by atoms with van der Waals surface area (Å²) in [5, 5.41) is 8.99. The van der Waals surface area contributed by atoms with Crippen molar-refractivity contribution < 1.29 is 38.4 Å². The molecule has 4 aromatic rings. The van der Waals surface area contributed by atoms with Gasteiger partial charge in [-0.25, -0.2) is 0 Å². The van der Waals surface area contributed by atoms with Crippen molar-refractivity contribution in [3.63, 3.8) is 0 Å². The van der Waals surface area contributed by atoms with E-state index in [0.717, 1.165) is 58.1 Å². The van der Waals surface area contributed by atoms with Crippen LogP contribution in [0.1, 0.15) is 66.7 Å². The predicted octanol–water partition coefficient (Wildman–Crippen LogP) is 7.69. The molecule has 0 radical (unpaired) electrons. The molecule has 0 fully saturated rings. The Bertz CT molecular complexity index is 1570. The maximum absolute atomic E-state index is 11.8. The number of ether oxygens (including phenoxy) is 5. The number of hydrogen-bond acceptors (Lipinski definition) is 7. The average Bonchev–Trinajstić information content (AvgIpc) is 3.07. The van der Waals surface area contributed by atoms with E-state index in [0.29, 0.717) is 39.5 Å². The summed E-state index contributed by atoms with van der Waals surface area (Å²) in [7, 11) is 0. The lowest BCUT2D eigenvalue weighted by molar-refractivity contribution is -0.143. The number of carboxylic acids is 1. The molecule has 8 heteroatoms. The molecule has 0 aromatic heterocycles. The molecule has 1 N–H and O–H groups in total. The van der Waals surface area contributed by atoms with Gasteiger partial charge in [-0.15, -0.1) is 0 Å². The highest BCUT2D eigenvalue weighted by molar-refractivity contribution is 5.71. The molecular formula is C38H40O8. The third-order valence-electron chi connectivity index (χ3n) is 7.93. The van der Waals surface area contributed by atoms with Crippen molar-refractivity contribution in [2.45, 2.75) is 57.7 Å². The fraction of sp³-hybridized carbons (Fsp3) is 0.316. The van der Waals surface area contributed by atoms with Gasteiger partial charge in [-0.2, -0.15) is 0 Å². The molecule has 2 aliphatic heterocycles. The zero-order valence-electron chi connectivity index (χ0n) is 26.1. The van der Waals surface area contributed by atoms with E-state index < -0.39 is 5.97 Å². The molecule has 46 heavy (non-hydrogen) atoms. The highest BCUT2D eigenvalue weighted by atomic mass is 16.5. The molecule has 2 aliphatic rings. The molecule has 240 valence electrons. The number of carboxylic acid groups (broad SMARTS) is 1. The van der Waals surface area contributed by atoms with Crippen LogP contribution in [-0.2, 0) is 27.5 Å². The second-order valence-corrected chi connectivity index (χ2v) is 11.2. The molecule has 0 amide bonds. The summed E-state index contributed by atoms with van der Waals surface area (Å²) in [6, 6.07) is 31.5. The molecule has 2 heterocycles. The first kappa shape index (κ1) is 32.4. The molecule has 2 atom stereocenters. The van der Waals surface area contributed by atoms with Crippen LogP contribution in [0.3, 0.4) is 0 Å². The number of carbonyl (C=O) groups excluding carboxylic acids is 1. The zero-order chi connectivity index (χ0) is 32.1. The Labute approximate surface area is 269 Å². The monoisotopic (exact) mass is 624 g/mol. The van der Waals surface area contributed by atoms with Crippen molar-refractivity contribution in [3.05, 3.63) is 119 Å². The van der Waals surface area contributed by atoms with Crippen molar-refractivity contribution in [3.8, 4) is 23.0 Å². The van der Waals surface area contributed by atoms with Crippen molar-refractivity contribution in [1.29, 1.82) is 0 Å². The number of carbonyl (C=O) groups is 2. The van der Waals surface area contributed by atoms with E-state index >= 15 is 0 Å². The third kappa shape index (κ3) is 9.27. The van der Waals surface area contributed by atoms with Crippen LogP contribution in [0, 0.1) is 0 Å². The van der Waals surface area contributed by atoms with Crippen LogP contribution >= 0.6 is 0 Å². The molecule has 0 saturated heterocycles. The highest BCUT2D eigenvalue weighted by Gasteiger charge is 2.25. The Balaban J connectivity index is 0.000000182. The van der Waals surface area contributed by atoms with Crippen LogP contribution in [0.15, 0.2) is 97.1 Å². The van der Waals surface area contributed by atoms with Crippen LogP contribution in [0.5, 0.6) is 23.0 Å². The summed E-state index contributed by atoms with van der Waals surface area (Å²) in [5.41, 5.74) is 4.24. The van der Waals surface area contributed by atoms with E-state index in [2.05, 4.69) is 0 Å². The van der Waals surface area contributed by atoms with Crippen molar-refractivity contribution >= 4 is 11.9 Å². The van der Waals surface area contributed by atoms with E-state index in [4.69, 9.17) is 28.8 Å². The second kappa shape index (κ2) is 16.4. The van der Waals surface area contributed by atoms with Crippen LogP contribution in [0.25, 0.3) is 0 Å². The van der Waals surface area contributed by atoms with Gasteiger partial charge in [0.25, 0.3) is 0 Å². The normalized spacial score (nSPS) is 16.2. The molecular weight excluding hydrogens is 584 g/mol. The van der Waals surface area contributed by atoms with Crippen LogP contribution < -0.4 is 18.9 Å². The minimum absolute atomic E-state index is 0.0180. The highest BCUT2D eigenvalue weighted by Crippen LogP contribution is 2.39. The van der Waals surface area contributed by atoms with Gasteiger partial charge in [0, 0.05) is 24.0 Å². The number of hydrogen-bond donors (Lipinski definition) is 1. The summed E-state index contributed by atoms with van der Waals surface area (Å²) in [6.45, 7) is 4.42. The molecule has 0 bridgehead atoms. The van der Waals surface area contributed by atoms with Gasteiger partial charge in [0.15, 0.2) is 0 Å². The molecule has 8 nitrogen and oxygen atoms in total. The van der Waals surface area contributed by atoms with Crippen LogP contribution in [0.4, 0.5) is 0 Å². The van der Waals surface area contributed by atoms with Gasteiger partial charge in [-0.3, -0.25) is 9.59 Å². The van der Waals surface area contributed by atoms with E-state index in [1.807, 2.05) is 104 Å². The Morgan fingerprint density at radius 2 is 1.17 bits per heavy atom. The lowest BCUT2D eigenvalue weighted by atomic mass is 9.90. The Morgan fingerprint density at radius 1 is 0.696 bits per heavy atom. The minimum atomic E-state index is -0.776. The predicted molar refractivity (Wildman–Crippen MR) is 174 cm³/mol. The summed E-state index contributed by atoms with van der Waals surface area (Å²) in [5.74, 6) is 2.29. The van der Waals surface area contributed by atoms with Crippen molar-refractivity contribution in [2.24, 2.45) is 0 Å². The molecule has 0 aliphatic carbocycles. The third-order valence-corrected chi connectivity index (χ3v) is 7.93. The van der Waals surface area contributed by atoms with Crippen molar-refractivity contribution in [2.75, 3.05) is 19.8 Å². The number of fused-ring (bicyclic) bond motifs is 2. The van der Waals surface area contributed by atoms with Crippen molar-refractivity contribution in [1.82, 2.24) is 0 Å². The van der Waals surface area contributed by atoms with E-state index in [1.54, 1.807) is 0 Å². The smallest absolute Gasteiger partial charge is 0.306 e. The Kier molecular flexibility index (Phi) is 11.5. The molecule has 0 spiro atoms. The number of rotatable bonds is 11. The number of esters is 1. The summed E-state index contributed by atoms with van der Waals surface area (Å²) >= 11 is 0. The molecule has 0 unspecified atom stereocenters. The first-order valence-corrected chi connectivity index (χ1v) is 15.7. The maximum atomic E-state index is 11.8. The number of aliphatic carboxylic acids is 1. The standard InChI is InChI=1S/C20H22O4.C18H18O4/c1-2-22-20(21)12-16-10-11-23-19-13-17(8-9-18(16)19)24-14-15-6-4-3-5-7-15;19-18(20)10-14-8-9-21-17-11-15(6-7-16(14)17)22-12-13-4-2-1-3-5-13/h3-9,13,16H,2,10-12,14H2,1H3;1-7,11,14H,8-10,12H2,(H,19,20)/t16-;14-/m00/s1. The van der Waals surface area contributed by atoms with Crippen LogP contribution in [0.2, 0.25) is 0 Å². The van der Waals surface area contributed by atoms with Gasteiger partial charge in [-0.1, -0.05) is 72.8 Å². The lowest BCUT2D eigenvalue weighted by Crippen LogP contribution is -2.18. The zero-order valence-corrected chi connectivity index (χ0v) is 26.1. The van der Waals surface area contributed by atoms with E-state index in [1.165, 1.54) is 0 Å². The fourth-order valence-electron chi connectivity index (χ4n) is 5.60. The number of benzene rings is 4. The van der Waals surface area contributed by atoms with Gasteiger partial charge in [0.05, 0.1) is 32.7 Å². The minimum Gasteiger partial charge on any atom is -0.493 e. The largest absolute Gasteiger partial charge is 0.493 e. The average molecular weight is 625 g/mol. The van der Waals surface area contributed by atoms with E-state index in [-0.39, 0.29) is 24.2 Å². The van der Waals surface area contributed by atoms with E-state index in [9.17, 15) is 9.59 Å². The lowest BCUT2D eigenvalue weighted by Gasteiger charge is -2.25. The SMILES string of the molecule is CCOC(=O)C[C@@H]1CCOc2cc(OCc3ccccc3)ccc21.O=C(O)C[C@@H]1CCOc2cc(OCc3ccccc3)ccc21. The first-order valence-electron chi connectivity index (χ1n) is 15.7. The van der Waals surface area contributed by atoms with Crippen LogP contribution in [-0.4, -0.2) is 36.9 Å². The van der Waals surface area contributed by atoms with Gasteiger partial charge in [0.1, 0.15) is 36.2 Å². The molecule has 0 saturated carbocycles. The molecule has 4 aromatic carbocycles. The fourth-order valence-corrected chi connectivity index (χ4v) is 5.60. The topological polar surface area (TPSA) is 101 Å². The summed E-state index contributed by atoms with van der Waals surface area (Å²) < 4.78 is 28.1. The van der Waals surface area contributed by atoms with Gasteiger partial charge in [0.2, 0.25) is 0 Å². The van der Waals surface area contributed by atoms with Gasteiger partial charge < -0.3 is 28.8 Å². The summed E-state index contributed by atoms with van der Waals surface area (Å²) in [4.78, 5) is 22.7. The van der Waals surface area contributed by atoms with Gasteiger partial charge >= 0.3 is 11.9 Å². The Hall–Kier alpha value is -4.98. The second-order valence-electron chi connectivity index (χ2n) is 11.2. The summed E-state index contributed by atoms with van der Waals surface area (Å²) in [6.07, 6.45) is 2.11. The van der Waals surface area contributed by atoms with Gasteiger partial charge in [-0.05, 0) is 54.2 Å². The first-order chi connectivity index (χ1) is 22.5.